The molecule has 1 fully saturated rings. The van der Waals surface area contributed by atoms with Gasteiger partial charge in [0.2, 0.25) is 0 Å². The average molecular weight is 292 g/mol. The number of nitrogens with one attached hydrogen (secondary N) is 2. The van der Waals surface area contributed by atoms with E-state index >= 15 is 0 Å². The minimum absolute atomic E-state index is 0.569. The normalized spacial score (nSPS) is 17.5. The molecule has 21 heavy (non-hydrogen) atoms. The van der Waals surface area contributed by atoms with Crippen LogP contribution in [0, 0.1) is 6.92 Å². The number of hydrogen-bond donors (Lipinski definition) is 3. The number of hydrogen-bond acceptors (Lipinski definition) is 5. The highest BCUT2D eigenvalue weighted by Crippen LogP contribution is 2.29. The van der Waals surface area contributed by atoms with Gasteiger partial charge in [0.25, 0.3) is 0 Å². The summed E-state index contributed by atoms with van der Waals surface area (Å²) in [7, 11) is 0. The Hall–Kier alpha value is -1.36. The van der Waals surface area contributed by atoms with Gasteiger partial charge in [0.05, 0.1) is 5.60 Å². The van der Waals surface area contributed by atoms with E-state index in [0.29, 0.717) is 6.54 Å². The lowest BCUT2D eigenvalue weighted by atomic mass is 9.85. The molecular weight excluding hydrogens is 264 g/mol. The van der Waals surface area contributed by atoms with Crippen molar-refractivity contribution in [3.8, 4) is 0 Å². The van der Waals surface area contributed by atoms with Crippen LogP contribution in [0.4, 0.5) is 11.6 Å². The topological polar surface area (TPSA) is 70.1 Å². The zero-order valence-electron chi connectivity index (χ0n) is 13.5. The van der Waals surface area contributed by atoms with Crippen molar-refractivity contribution in [3.05, 3.63) is 11.4 Å². The van der Waals surface area contributed by atoms with E-state index in [1.165, 1.54) is 6.42 Å². The fourth-order valence-electron chi connectivity index (χ4n) is 2.87. The number of aryl methyl sites for hydroxylation is 1. The van der Waals surface area contributed by atoms with Gasteiger partial charge in [0.1, 0.15) is 17.5 Å². The molecule has 1 aromatic rings. The van der Waals surface area contributed by atoms with Gasteiger partial charge in [-0.1, -0.05) is 26.2 Å². The molecule has 0 spiro atoms. The molecule has 5 heteroatoms. The summed E-state index contributed by atoms with van der Waals surface area (Å²) in [5, 5.41) is 17.2. The number of anilines is 2. The van der Waals surface area contributed by atoms with Gasteiger partial charge in [-0.15, -0.1) is 0 Å². The first-order chi connectivity index (χ1) is 10.1. The lowest BCUT2D eigenvalue weighted by molar-refractivity contribution is 0.0166. The summed E-state index contributed by atoms with van der Waals surface area (Å²) in [6.07, 6.45) is 6.03. The van der Waals surface area contributed by atoms with E-state index in [1.54, 1.807) is 0 Å². The van der Waals surface area contributed by atoms with Gasteiger partial charge in [-0.25, -0.2) is 9.97 Å². The zero-order chi connectivity index (χ0) is 15.3. The highest BCUT2D eigenvalue weighted by molar-refractivity contribution is 5.57. The molecule has 1 aliphatic rings. The predicted octanol–water partition coefficient (Wildman–Crippen LogP) is 2.89. The van der Waals surface area contributed by atoms with Crippen LogP contribution in [-0.2, 0) is 6.42 Å². The van der Waals surface area contributed by atoms with E-state index < -0.39 is 5.60 Å². The third kappa shape index (κ3) is 4.06. The van der Waals surface area contributed by atoms with Crippen LogP contribution in [-0.4, -0.2) is 33.8 Å². The van der Waals surface area contributed by atoms with Gasteiger partial charge in [-0.05, 0) is 26.7 Å². The van der Waals surface area contributed by atoms with Crippen LogP contribution in [0.15, 0.2) is 0 Å². The monoisotopic (exact) mass is 292 g/mol. The maximum absolute atomic E-state index is 10.6. The molecule has 2 rings (SSSR count). The van der Waals surface area contributed by atoms with Crippen LogP contribution in [0.5, 0.6) is 0 Å². The first kappa shape index (κ1) is 16.0. The van der Waals surface area contributed by atoms with E-state index in [1.807, 2.05) is 6.92 Å². The van der Waals surface area contributed by atoms with Crippen molar-refractivity contribution < 1.29 is 5.11 Å². The smallest absolute Gasteiger partial charge is 0.134 e. The van der Waals surface area contributed by atoms with Gasteiger partial charge in [-0.3, -0.25) is 0 Å². The lowest BCUT2D eigenvalue weighted by Crippen LogP contribution is -2.39. The molecule has 0 unspecified atom stereocenters. The van der Waals surface area contributed by atoms with Crippen molar-refractivity contribution in [1.29, 1.82) is 0 Å². The van der Waals surface area contributed by atoms with Crippen molar-refractivity contribution >= 4 is 11.6 Å². The highest BCUT2D eigenvalue weighted by Gasteiger charge is 2.29. The van der Waals surface area contributed by atoms with Crippen LogP contribution in [0.1, 0.15) is 57.3 Å². The number of nitrogens with zero attached hydrogens (tertiary/aromatic N) is 2. The van der Waals surface area contributed by atoms with Gasteiger partial charge in [0.15, 0.2) is 0 Å². The van der Waals surface area contributed by atoms with Gasteiger partial charge in [0, 0.05) is 25.1 Å². The Balaban J connectivity index is 2.12. The number of aromatic nitrogens is 2. The number of rotatable bonds is 6. The molecule has 1 aliphatic carbocycles. The summed E-state index contributed by atoms with van der Waals surface area (Å²) in [6.45, 7) is 7.54. The van der Waals surface area contributed by atoms with E-state index in [2.05, 4.69) is 34.4 Å². The largest absolute Gasteiger partial charge is 0.388 e. The molecule has 1 saturated carbocycles. The molecule has 0 bridgehead atoms. The van der Waals surface area contributed by atoms with Crippen molar-refractivity contribution in [2.45, 2.75) is 64.9 Å². The van der Waals surface area contributed by atoms with E-state index in [4.69, 9.17) is 0 Å². The summed E-state index contributed by atoms with van der Waals surface area (Å²) >= 11 is 0. The molecular formula is C16H28N4O. The third-order valence-corrected chi connectivity index (χ3v) is 4.22. The Morgan fingerprint density at radius 2 is 1.67 bits per heavy atom. The summed E-state index contributed by atoms with van der Waals surface area (Å²) in [5.41, 5.74) is 0.439. The molecule has 5 nitrogen and oxygen atoms in total. The van der Waals surface area contributed by atoms with Crippen molar-refractivity contribution in [2.24, 2.45) is 0 Å². The molecule has 0 amide bonds. The zero-order valence-corrected chi connectivity index (χ0v) is 13.5. The third-order valence-electron chi connectivity index (χ3n) is 4.22. The van der Waals surface area contributed by atoms with Crippen LogP contribution in [0.25, 0.3) is 0 Å². The quantitative estimate of drug-likeness (QED) is 0.752. The minimum atomic E-state index is -0.583. The van der Waals surface area contributed by atoms with Gasteiger partial charge < -0.3 is 15.7 Å². The summed E-state index contributed by atoms with van der Waals surface area (Å²) in [5.74, 6) is 2.56. The molecule has 0 aromatic carbocycles. The first-order valence-corrected chi connectivity index (χ1v) is 8.15. The SMILES string of the molecule is CCNc1nc(CC)nc(NCC2(O)CCCCC2)c1C. The summed E-state index contributed by atoms with van der Waals surface area (Å²) in [4.78, 5) is 9.10. The van der Waals surface area contributed by atoms with E-state index in [0.717, 1.165) is 61.7 Å². The molecule has 0 saturated heterocycles. The van der Waals surface area contributed by atoms with Crippen molar-refractivity contribution in [1.82, 2.24) is 9.97 Å². The van der Waals surface area contributed by atoms with E-state index in [-0.39, 0.29) is 0 Å². The van der Waals surface area contributed by atoms with Crippen molar-refractivity contribution in [3.63, 3.8) is 0 Å². The fourth-order valence-corrected chi connectivity index (χ4v) is 2.87. The Morgan fingerprint density at radius 3 is 2.24 bits per heavy atom. The Bertz CT molecular complexity index is 470. The Morgan fingerprint density at radius 1 is 1.05 bits per heavy atom. The Labute approximate surface area is 127 Å². The Kier molecular flexibility index (Phi) is 5.39. The molecule has 0 atom stereocenters. The van der Waals surface area contributed by atoms with Crippen LogP contribution in [0.2, 0.25) is 0 Å². The van der Waals surface area contributed by atoms with Crippen LogP contribution < -0.4 is 10.6 Å². The maximum atomic E-state index is 10.6. The van der Waals surface area contributed by atoms with Gasteiger partial charge >= 0.3 is 0 Å². The fraction of sp³-hybridized carbons (Fsp3) is 0.750. The summed E-state index contributed by atoms with van der Waals surface area (Å²) in [6, 6.07) is 0. The maximum Gasteiger partial charge on any atom is 0.134 e. The van der Waals surface area contributed by atoms with E-state index in [9.17, 15) is 5.11 Å². The second-order valence-corrected chi connectivity index (χ2v) is 5.98. The molecule has 0 radical (unpaired) electrons. The molecule has 3 N–H and O–H groups in total. The lowest BCUT2D eigenvalue weighted by Gasteiger charge is -2.32. The molecule has 0 aliphatic heterocycles. The molecule has 1 heterocycles. The summed E-state index contributed by atoms with van der Waals surface area (Å²) < 4.78 is 0. The highest BCUT2D eigenvalue weighted by atomic mass is 16.3. The average Bonchev–Trinajstić information content (AvgIpc) is 2.49. The predicted molar refractivity (Wildman–Crippen MR) is 86.8 cm³/mol. The first-order valence-electron chi connectivity index (χ1n) is 8.15. The molecule has 1 aromatic heterocycles. The van der Waals surface area contributed by atoms with Crippen LogP contribution in [0.3, 0.4) is 0 Å². The van der Waals surface area contributed by atoms with Crippen LogP contribution >= 0.6 is 0 Å². The minimum Gasteiger partial charge on any atom is -0.388 e. The molecule has 118 valence electrons. The second kappa shape index (κ2) is 7.07. The van der Waals surface area contributed by atoms with Gasteiger partial charge in [-0.2, -0.15) is 0 Å². The number of aliphatic hydroxyl groups is 1. The second-order valence-electron chi connectivity index (χ2n) is 5.98. The standard InChI is InChI=1S/C16H28N4O/c1-4-13-19-14(17-5-2)12(3)15(20-13)18-11-16(21)9-7-6-8-10-16/h21H,4-11H2,1-3H3,(H2,17,18,19,20). The van der Waals surface area contributed by atoms with Crippen molar-refractivity contribution in [2.75, 3.05) is 23.7 Å².